The SMILES string of the molecule is CN[C@@H](C)C(=O)N1CCC2(CCC(=O)N(Cc3cnc(C)cn3)C2)CC1. The Morgan fingerprint density at radius 3 is 2.62 bits per heavy atom. The molecule has 2 aliphatic rings. The van der Waals surface area contributed by atoms with E-state index in [-0.39, 0.29) is 23.3 Å². The van der Waals surface area contributed by atoms with Gasteiger partial charge in [0.2, 0.25) is 11.8 Å². The number of hydrogen-bond acceptors (Lipinski definition) is 5. The third-order valence-electron chi connectivity index (χ3n) is 5.87. The summed E-state index contributed by atoms with van der Waals surface area (Å²) in [4.78, 5) is 37.3. The zero-order valence-corrected chi connectivity index (χ0v) is 16.0. The molecule has 142 valence electrons. The van der Waals surface area contributed by atoms with Gasteiger partial charge in [-0.3, -0.25) is 19.6 Å². The molecule has 1 atom stereocenters. The molecule has 0 aliphatic carbocycles. The van der Waals surface area contributed by atoms with Crippen molar-refractivity contribution in [3.8, 4) is 0 Å². The summed E-state index contributed by atoms with van der Waals surface area (Å²) in [5.41, 5.74) is 1.84. The van der Waals surface area contributed by atoms with Crippen molar-refractivity contribution in [3.63, 3.8) is 0 Å². The highest BCUT2D eigenvalue weighted by molar-refractivity contribution is 5.81. The van der Waals surface area contributed by atoms with Gasteiger partial charge >= 0.3 is 0 Å². The van der Waals surface area contributed by atoms with Gasteiger partial charge in [-0.2, -0.15) is 0 Å². The largest absolute Gasteiger partial charge is 0.341 e. The third kappa shape index (κ3) is 4.03. The Hall–Kier alpha value is -2.02. The quantitative estimate of drug-likeness (QED) is 0.872. The summed E-state index contributed by atoms with van der Waals surface area (Å²) < 4.78 is 0. The number of aromatic nitrogens is 2. The van der Waals surface area contributed by atoms with Gasteiger partial charge in [0.15, 0.2) is 0 Å². The van der Waals surface area contributed by atoms with Gasteiger partial charge in [-0.1, -0.05) is 0 Å². The van der Waals surface area contributed by atoms with E-state index < -0.39 is 0 Å². The van der Waals surface area contributed by atoms with Crippen molar-refractivity contribution in [3.05, 3.63) is 23.8 Å². The lowest BCUT2D eigenvalue weighted by molar-refractivity contribution is -0.143. The van der Waals surface area contributed by atoms with Crippen LogP contribution in [0.1, 0.15) is 44.0 Å². The highest BCUT2D eigenvalue weighted by Crippen LogP contribution is 2.40. The molecule has 7 heteroatoms. The van der Waals surface area contributed by atoms with Gasteiger partial charge in [0.05, 0.1) is 30.2 Å². The number of carbonyl (C=O) groups is 2. The van der Waals surface area contributed by atoms with Crippen LogP contribution in [0, 0.1) is 12.3 Å². The summed E-state index contributed by atoms with van der Waals surface area (Å²) >= 11 is 0. The fourth-order valence-electron chi connectivity index (χ4n) is 3.95. The normalized spacial score (nSPS) is 21.1. The van der Waals surface area contributed by atoms with Crippen LogP contribution in [-0.4, -0.2) is 64.3 Å². The molecular weight excluding hydrogens is 330 g/mol. The van der Waals surface area contributed by atoms with Gasteiger partial charge in [0.1, 0.15) is 0 Å². The summed E-state index contributed by atoms with van der Waals surface area (Å²) in [5, 5.41) is 3.02. The Morgan fingerprint density at radius 2 is 2.00 bits per heavy atom. The number of piperidine rings is 2. The van der Waals surface area contributed by atoms with E-state index in [1.807, 2.05) is 30.7 Å². The van der Waals surface area contributed by atoms with Gasteiger partial charge in [0, 0.05) is 32.3 Å². The van der Waals surface area contributed by atoms with Crippen LogP contribution < -0.4 is 5.32 Å². The van der Waals surface area contributed by atoms with Crippen LogP contribution in [0.4, 0.5) is 0 Å². The van der Waals surface area contributed by atoms with E-state index in [1.54, 1.807) is 12.4 Å². The van der Waals surface area contributed by atoms with Crippen molar-refractivity contribution in [2.75, 3.05) is 26.7 Å². The molecule has 1 aromatic heterocycles. The lowest BCUT2D eigenvalue weighted by Gasteiger charge is -2.47. The minimum absolute atomic E-state index is 0.131. The molecule has 7 nitrogen and oxygen atoms in total. The Labute approximate surface area is 155 Å². The Balaban J connectivity index is 1.62. The summed E-state index contributed by atoms with van der Waals surface area (Å²) in [7, 11) is 1.81. The molecule has 2 fully saturated rings. The first kappa shape index (κ1) is 18.8. The second-order valence-corrected chi connectivity index (χ2v) is 7.73. The number of carbonyl (C=O) groups excluding carboxylic acids is 2. The van der Waals surface area contributed by atoms with Crippen molar-refractivity contribution >= 4 is 11.8 Å². The highest BCUT2D eigenvalue weighted by atomic mass is 16.2. The summed E-state index contributed by atoms with van der Waals surface area (Å²) in [5.74, 6) is 0.362. The Morgan fingerprint density at radius 1 is 1.27 bits per heavy atom. The topological polar surface area (TPSA) is 78.4 Å². The van der Waals surface area contributed by atoms with Crippen LogP contribution in [-0.2, 0) is 16.1 Å². The van der Waals surface area contributed by atoms with Crippen LogP contribution in [0.5, 0.6) is 0 Å². The number of aryl methyl sites for hydroxylation is 1. The van der Waals surface area contributed by atoms with Gasteiger partial charge < -0.3 is 15.1 Å². The second-order valence-electron chi connectivity index (χ2n) is 7.73. The van der Waals surface area contributed by atoms with Crippen molar-refractivity contribution in [1.29, 1.82) is 0 Å². The minimum Gasteiger partial charge on any atom is -0.341 e. The first-order valence-corrected chi connectivity index (χ1v) is 9.44. The second kappa shape index (κ2) is 7.70. The molecule has 3 rings (SSSR count). The number of hydrogen-bond donors (Lipinski definition) is 1. The van der Waals surface area contributed by atoms with Gasteiger partial charge in [-0.15, -0.1) is 0 Å². The molecule has 2 saturated heterocycles. The zero-order valence-electron chi connectivity index (χ0n) is 16.0. The maximum Gasteiger partial charge on any atom is 0.239 e. The van der Waals surface area contributed by atoms with E-state index >= 15 is 0 Å². The molecule has 0 saturated carbocycles. The predicted molar refractivity (Wildman–Crippen MR) is 98.2 cm³/mol. The lowest BCUT2D eigenvalue weighted by Crippen LogP contribution is -2.54. The molecular formula is C19H29N5O2. The molecule has 26 heavy (non-hydrogen) atoms. The number of nitrogens with one attached hydrogen (secondary N) is 1. The average Bonchev–Trinajstić information content (AvgIpc) is 2.66. The molecule has 0 radical (unpaired) electrons. The van der Waals surface area contributed by atoms with Gasteiger partial charge in [0.25, 0.3) is 0 Å². The van der Waals surface area contributed by atoms with Crippen LogP contribution in [0.15, 0.2) is 12.4 Å². The van der Waals surface area contributed by atoms with Crippen molar-refractivity contribution in [2.45, 2.75) is 52.1 Å². The van der Waals surface area contributed by atoms with Crippen molar-refractivity contribution < 1.29 is 9.59 Å². The summed E-state index contributed by atoms with van der Waals surface area (Å²) in [6.45, 7) is 6.63. The Kier molecular flexibility index (Phi) is 5.55. The van der Waals surface area contributed by atoms with Crippen molar-refractivity contribution in [2.24, 2.45) is 5.41 Å². The molecule has 1 spiro atoms. The number of likely N-dealkylation sites (tertiary alicyclic amines) is 2. The first-order valence-electron chi connectivity index (χ1n) is 9.44. The summed E-state index contributed by atoms with van der Waals surface area (Å²) in [6, 6.07) is -0.145. The molecule has 0 aromatic carbocycles. The number of likely N-dealkylation sites (N-methyl/N-ethyl adjacent to an activating group) is 1. The molecule has 3 heterocycles. The van der Waals surface area contributed by atoms with Gasteiger partial charge in [-0.05, 0) is 45.6 Å². The number of amides is 2. The molecule has 0 bridgehead atoms. The number of rotatable bonds is 4. The fourth-order valence-corrected chi connectivity index (χ4v) is 3.95. The molecule has 2 aliphatic heterocycles. The van der Waals surface area contributed by atoms with E-state index in [0.29, 0.717) is 13.0 Å². The maximum atomic E-state index is 12.4. The van der Waals surface area contributed by atoms with E-state index in [0.717, 1.165) is 50.3 Å². The molecule has 1 N–H and O–H groups in total. The monoisotopic (exact) mass is 359 g/mol. The van der Waals surface area contributed by atoms with E-state index in [4.69, 9.17) is 0 Å². The van der Waals surface area contributed by atoms with E-state index in [1.165, 1.54) is 0 Å². The minimum atomic E-state index is -0.145. The molecule has 2 amide bonds. The molecule has 0 unspecified atom stereocenters. The molecule has 1 aromatic rings. The van der Waals surface area contributed by atoms with Crippen LogP contribution in [0.25, 0.3) is 0 Å². The average molecular weight is 359 g/mol. The van der Waals surface area contributed by atoms with Gasteiger partial charge in [-0.25, -0.2) is 0 Å². The van der Waals surface area contributed by atoms with Crippen LogP contribution >= 0.6 is 0 Å². The van der Waals surface area contributed by atoms with Crippen molar-refractivity contribution in [1.82, 2.24) is 25.1 Å². The smallest absolute Gasteiger partial charge is 0.239 e. The summed E-state index contributed by atoms with van der Waals surface area (Å²) in [6.07, 6.45) is 6.92. The van der Waals surface area contributed by atoms with Crippen LogP contribution in [0.2, 0.25) is 0 Å². The highest BCUT2D eigenvalue weighted by Gasteiger charge is 2.42. The zero-order chi connectivity index (χ0) is 18.7. The lowest BCUT2D eigenvalue weighted by atomic mass is 9.72. The maximum absolute atomic E-state index is 12.4. The Bertz CT molecular complexity index is 652. The fraction of sp³-hybridized carbons (Fsp3) is 0.684. The number of nitrogens with zero attached hydrogens (tertiary/aromatic N) is 4. The van der Waals surface area contributed by atoms with E-state index in [2.05, 4.69) is 15.3 Å². The first-order chi connectivity index (χ1) is 12.4. The third-order valence-corrected chi connectivity index (χ3v) is 5.87. The predicted octanol–water partition coefficient (Wildman–Crippen LogP) is 1.12. The van der Waals surface area contributed by atoms with Crippen LogP contribution in [0.3, 0.4) is 0 Å². The van der Waals surface area contributed by atoms with E-state index in [9.17, 15) is 9.59 Å². The standard InChI is InChI=1S/C19H29N5O2/c1-14-10-22-16(11-21-14)12-24-13-19(5-4-17(24)25)6-8-23(9-7-19)18(26)15(2)20-3/h10-11,15,20H,4-9,12-13H2,1-3H3/t15-/m0/s1.